The van der Waals surface area contributed by atoms with E-state index in [1.807, 2.05) is 40.9 Å². The van der Waals surface area contributed by atoms with Crippen molar-refractivity contribution in [2.75, 3.05) is 5.32 Å². The number of nitro benzene ring substituents is 1. The van der Waals surface area contributed by atoms with Gasteiger partial charge in [-0.25, -0.2) is 4.98 Å². The van der Waals surface area contributed by atoms with E-state index in [0.717, 1.165) is 23.4 Å². The Hall–Kier alpha value is -3.59. The number of hydrogen-bond acceptors (Lipinski definition) is 5. The lowest BCUT2D eigenvalue weighted by Gasteiger charge is -2.05. The van der Waals surface area contributed by atoms with E-state index in [1.54, 1.807) is 6.92 Å². The van der Waals surface area contributed by atoms with Gasteiger partial charge in [-0.1, -0.05) is 41.7 Å². The van der Waals surface area contributed by atoms with Crippen LogP contribution < -0.4 is 5.32 Å². The predicted octanol–water partition coefficient (Wildman–Crippen LogP) is 4.67. The van der Waals surface area contributed by atoms with Crippen LogP contribution in [0.15, 0.2) is 54.7 Å². The first-order valence-electron chi connectivity index (χ1n) is 8.23. The van der Waals surface area contributed by atoms with E-state index < -0.39 is 22.3 Å². The number of carbonyl (C=O) groups excluding carboxylic acids is 1. The first-order valence-corrected chi connectivity index (χ1v) is 9.05. The van der Waals surface area contributed by atoms with Crippen LogP contribution in [0, 0.1) is 22.9 Å². The van der Waals surface area contributed by atoms with Crippen molar-refractivity contribution in [2.24, 2.45) is 0 Å². The normalized spacial score (nSPS) is 10.9. The molecular formula is C19H13FN4O3S. The number of rotatable bonds is 4. The molecular weight excluding hydrogens is 383 g/mol. The van der Waals surface area contributed by atoms with Gasteiger partial charge in [0, 0.05) is 29.2 Å². The van der Waals surface area contributed by atoms with Gasteiger partial charge in [-0.3, -0.25) is 19.3 Å². The van der Waals surface area contributed by atoms with E-state index >= 15 is 0 Å². The van der Waals surface area contributed by atoms with E-state index in [1.165, 1.54) is 17.4 Å². The lowest BCUT2D eigenvalue weighted by molar-refractivity contribution is -0.387. The van der Waals surface area contributed by atoms with Crippen LogP contribution in [0.1, 0.15) is 15.4 Å². The third-order valence-electron chi connectivity index (χ3n) is 4.23. The van der Waals surface area contributed by atoms with Crippen molar-refractivity contribution in [2.45, 2.75) is 6.92 Å². The monoisotopic (exact) mass is 396 g/mol. The van der Waals surface area contributed by atoms with Crippen molar-refractivity contribution >= 4 is 33.6 Å². The van der Waals surface area contributed by atoms with Gasteiger partial charge < -0.3 is 5.32 Å². The molecule has 4 rings (SSSR count). The largest absolute Gasteiger partial charge is 0.321 e. The number of anilines is 1. The molecule has 0 spiro atoms. The number of aromatic nitrogens is 2. The second-order valence-electron chi connectivity index (χ2n) is 6.04. The predicted molar refractivity (Wildman–Crippen MR) is 104 cm³/mol. The number of halogens is 1. The van der Waals surface area contributed by atoms with Crippen LogP contribution in [-0.4, -0.2) is 20.2 Å². The lowest BCUT2D eigenvalue weighted by atomic mass is 10.2. The second kappa shape index (κ2) is 6.86. The molecule has 1 N–H and O–H groups in total. The maximum Gasteiger partial charge on any atom is 0.306 e. The third kappa shape index (κ3) is 3.12. The lowest BCUT2D eigenvalue weighted by Crippen LogP contribution is -2.12. The van der Waals surface area contributed by atoms with Crippen molar-refractivity contribution in [3.05, 3.63) is 81.2 Å². The molecule has 0 fully saturated rings. The molecule has 28 heavy (non-hydrogen) atoms. The number of nitrogens with zero attached hydrogens (tertiary/aromatic N) is 3. The van der Waals surface area contributed by atoms with Crippen molar-refractivity contribution in [1.82, 2.24) is 9.38 Å². The summed E-state index contributed by atoms with van der Waals surface area (Å²) >= 11 is 1.21. The van der Waals surface area contributed by atoms with Gasteiger partial charge in [-0.05, 0) is 19.1 Å². The average molecular weight is 396 g/mol. The molecule has 0 saturated carbocycles. The number of hydrogen-bond donors (Lipinski definition) is 1. The molecule has 0 atom stereocenters. The Morgan fingerprint density at radius 2 is 2.00 bits per heavy atom. The first-order chi connectivity index (χ1) is 13.4. The standard InChI is InChI=1S/C19H13FN4O3S/c1-11-17(18(25)21-13-7-8-14(20)16(9-13)24(26)27)28-19-22-15(10-23(11)19)12-5-3-2-4-6-12/h2-10H,1H3,(H,21,25). The number of thiazole rings is 1. The minimum Gasteiger partial charge on any atom is -0.321 e. The number of nitrogens with one attached hydrogen (secondary N) is 1. The van der Waals surface area contributed by atoms with Crippen molar-refractivity contribution in [3.8, 4) is 11.3 Å². The Labute approximate surface area is 162 Å². The summed E-state index contributed by atoms with van der Waals surface area (Å²) in [5.41, 5.74) is 1.93. The fraction of sp³-hybridized carbons (Fsp3) is 0.0526. The van der Waals surface area contributed by atoms with Crippen molar-refractivity contribution < 1.29 is 14.1 Å². The Bertz CT molecular complexity index is 1220. The van der Waals surface area contributed by atoms with E-state index in [4.69, 9.17) is 0 Å². The molecule has 0 radical (unpaired) electrons. The summed E-state index contributed by atoms with van der Waals surface area (Å²) in [6, 6.07) is 12.9. The molecule has 9 heteroatoms. The van der Waals surface area contributed by atoms with Gasteiger partial charge >= 0.3 is 5.69 Å². The molecule has 7 nitrogen and oxygen atoms in total. The number of fused-ring (bicyclic) bond motifs is 1. The van der Waals surface area contributed by atoms with E-state index in [9.17, 15) is 19.3 Å². The molecule has 0 bridgehead atoms. The van der Waals surface area contributed by atoms with Gasteiger partial charge in [0.25, 0.3) is 5.91 Å². The smallest absolute Gasteiger partial charge is 0.306 e. The summed E-state index contributed by atoms with van der Waals surface area (Å²) in [6.45, 7) is 1.79. The molecule has 0 unspecified atom stereocenters. The minimum absolute atomic E-state index is 0.147. The van der Waals surface area contributed by atoms with Gasteiger partial charge in [-0.2, -0.15) is 4.39 Å². The number of nitro groups is 1. The SMILES string of the molecule is Cc1c(C(=O)Nc2ccc(F)c([N+](=O)[O-])c2)sc2nc(-c3ccccc3)cn12. The van der Waals surface area contributed by atoms with Crippen LogP contribution in [0.2, 0.25) is 0 Å². The summed E-state index contributed by atoms with van der Waals surface area (Å²) < 4.78 is 15.3. The topological polar surface area (TPSA) is 89.5 Å². The minimum atomic E-state index is -0.956. The maximum absolute atomic E-state index is 13.5. The Morgan fingerprint density at radius 1 is 1.25 bits per heavy atom. The highest BCUT2D eigenvalue weighted by Gasteiger charge is 2.20. The van der Waals surface area contributed by atoms with E-state index in [2.05, 4.69) is 10.3 Å². The van der Waals surface area contributed by atoms with Crippen LogP contribution in [0.5, 0.6) is 0 Å². The van der Waals surface area contributed by atoms with Crippen LogP contribution in [0.4, 0.5) is 15.8 Å². The molecule has 2 heterocycles. The van der Waals surface area contributed by atoms with E-state index in [0.29, 0.717) is 15.5 Å². The zero-order valence-electron chi connectivity index (χ0n) is 14.5. The second-order valence-corrected chi connectivity index (χ2v) is 7.02. The van der Waals surface area contributed by atoms with Gasteiger partial charge in [0.05, 0.1) is 10.6 Å². The van der Waals surface area contributed by atoms with Crippen LogP contribution in [0.3, 0.4) is 0 Å². The van der Waals surface area contributed by atoms with Crippen molar-refractivity contribution in [1.29, 1.82) is 0 Å². The highest BCUT2D eigenvalue weighted by Crippen LogP contribution is 2.28. The average Bonchev–Trinajstić information content (AvgIpc) is 3.23. The highest BCUT2D eigenvalue weighted by molar-refractivity contribution is 7.19. The summed E-state index contributed by atoms with van der Waals surface area (Å²) in [5.74, 6) is -1.39. The molecule has 0 saturated heterocycles. The summed E-state index contributed by atoms with van der Waals surface area (Å²) in [6.07, 6.45) is 1.86. The zero-order valence-corrected chi connectivity index (χ0v) is 15.4. The third-order valence-corrected chi connectivity index (χ3v) is 5.39. The van der Waals surface area contributed by atoms with Gasteiger partial charge in [0.15, 0.2) is 4.96 Å². The fourth-order valence-corrected chi connectivity index (χ4v) is 3.83. The quantitative estimate of drug-likeness (QED) is 0.401. The maximum atomic E-state index is 13.5. The number of benzene rings is 2. The number of imidazole rings is 1. The molecule has 0 aliphatic heterocycles. The molecule has 0 aliphatic rings. The fourth-order valence-electron chi connectivity index (χ4n) is 2.83. The van der Waals surface area contributed by atoms with Crippen LogP contribution >= 0.6 is 11.3 Å². The Balaban J connectivity index is 1.63. The molecule has 2 aromatic carbocycles. The number of aryl methyl sites for hydroxylation is 1. The molecule has 2 aromatic heterocycles. The van der Waals surface area contributed by atoms with Gasteiger partial charge in [0.1, 0.15) is 4.88 Å². The molecule has 4 aromatic rings. The van der Waals surface area contributed by atoms with Gasteiger partial charge in [-0.15, -0.1) is 0 Å². The summed E-state index contributed by atoms with van der Waals surface area (Å²) in [4.78, 5) is 28.3. The Morgan fingerprint density at radius 3 is 2.68 bits per heavy atom. The summed E-state index contributed by atoms with van der Waals surface area (Å²) in [5, 5.41) is 13.4. The zero-order chi connectivity index (χ0) is 19.8. The number of amides is 1. The first kappa shape index (κ1) is 17.8. The molecule has 140 valence electrons. The van der Waals surface area contributed by atoms with Crippen LogP contribution in [0.25, 0.3) is 16.2 Å². The Kier molecular flexibility index (Phi) is 4.36. The highest BCUT2D eigenvalue weighted by atomic mass is 32.1. The van der Waals surface area contributed by atoms with E-state index in [-0.39, 0.29) is 5.69 Å². The van der Waals surface area contributed by atoms with Crippen molar-refractivity contribution in [3.63, 3.8) is 0 Å². The molecule has 0 aliphatic carbocycles. The summed E-state index contributed by atoms with van der Waals surface area (Å²) in [7, 11) is 0. The molecule has 1 amide bonds. The number of carbonyl (C=O) groups is 1. The van der Waals surface area contributed by atoms with Gasteiger partial charge in [0.2, 0.25) is 5.82 Å². The van der Waals surface area contributed by atoms with Crippen LogP contribution in [-0.2, 0) is 0 Å².